The standard InChI is InChI=1S/C24H30N2O3/c1-16-5-8-22(19(4)13-16)29-15-23(27)25-21-9-11-26(12-10-21)24(28)20-7-6-17(2)18(3)14-20/h5-8,13-14,21H,9-12,15H2,1-4H3,(H,25,27). The highest BCUT2D eigenvalue weighted by atomic mass is 16.5. The Labute approximate surface area is 173 Å². The molecule has 1 N–H and O–H groups in total. The molecule has 1 aliphatic rings. The average molecular weight is 395 g/mol. The number of benzene rings is 2. The van der Waals surface area contributed by atoms with Crippen LogP contribution in [-0.4, -0.2) is 42.5 Å². The van der Waals surface area contributed by atoms with Crippen LogP contribution in [0.2, 0.25) is 0 Å². The number of nitrogens with one attached hydrogen (secondary N) is 1. The molecule has 0 atom stereocenters. The van der Waals surface area contributed by atoms with Crippen molar-refractivity contribution in [3.05, 3.63) is 64.2 Å². The summed E-state index contributed by atoms with van der Waals surface area (Å²) < 4.78 is 5.66. The first-order chi connectivity index (χ1) is 13.8. The monoisotopic (exact) mass is 394 g/mol. The molecule has 0 saturated carbocycles. The highest BCUT2D eigenvalue weighted by Crippen LogP contribution is 2.19. The molecule has 0 aliphatic carbocycles. The molecule has 0 aromatic heterocycles. The minimum atomic E-state index is -0.121. The van der Waals surface area contributed by atoms with Gasteiger partial charge in [0.2, 0.25) is 0 Å². The van der Waals surface area contributed by atoms with Gasteiger partial charge in [-0.1, -0.05) is 23.8 Å². The zero-order valence-corrected chi connectivity index (χ0v) is 17.7. The number of rotatable bonds is 5. The van der Waals surface area contributed by atoms with Crippen LogP contribution in [0.25, 0.3) is 0 Å². The minimum absolute atomic E-state index is 0.00564. The third kappa shape index (κ3) is 5.37. The second kappa shape index (κ2) is 9.12. The molecule has 0 spiro atoms. The van der Waals surface area contributed by atoms with E-state index in [9.17, 15) is 9.59 Å². The fraction of sp³-hybridized carbons (Fsp3) is 0.417. The van der Waals surface area contributed by atoms with E-state index in [2.05, 4.69) is 5.32 Å². The van der Waals surface area contributed by atoms with Gasteiger partial charge in [0.05, 0.1) is 0 Å². The second-order valence-electron chi connectivity index (χ2n) is 7.99. The van der Waals surface area contributed by atoms with E-state index in [1.165, 1.54) is 11.1 Å². The molecule has 1 heterocycles. The third-order valence-corrected chi connectivity index (χ3v) is 5.59. The Morgan fingerprint density at radius 2 is 1.69 bits per heavy atom. The van der Waals surface area contributed by atoms with Crippen LogP contribution in [0.3, 0.4) is 0 Å². The smallest absolute Gasteiger partial charge is 0.258 e. The maximum atomic E-state index is 12.7. The maximum Gasteiger partial charge on any atom is 0.258 e. The number of likely N-dealkylation sites (tertiary alicyclic amines) is 1. The summed E-state index contributed by atoms with van der Waals surface area (Å²) in [7, 11) is 0. The van der Waals surface area contributed by atoms with E-state index >= 15 is 0 Å². The van der Waals surface area contributed by atoms with Crippen molar-refractivity contribution < 1.29 is 14.3 Å². The molecule has 0 radical (unpaired) electrons. The normalized spacial score (nSPS) is 14.6. The summed E-state index contributed by atoms with van der Waals surface area (Å²) in [4.78, 5) is 26.9. The molecule has 2 amide bonds. The van der Waals surface area contributed by atoms with Crippen molar-refractivity contribution in [1.29, 1.82) is 0 Å². The lowest BCUT2D eigenvalue weighted by Gasteiger charge is -2.32. The number of aryl methyl sites for hydroxylation is 4. The largest absolute Gasteiger partial charge is 0.484 e. The summed E-state index contributed by atoms with van der Waals surface area (Å²) in [5, 5.41) is 3.03. The average Bonchev–Trinajstić information content (AvgIpc) is 2.69. The lowest BCUT2D eigenvalue weighted by Crippen LogP contribution is -2.47. The number of carbonyl (C=O) groups excluding carboxylic acids is 2. The molecular weight excluding hydrogens is 364 g/mol. The van der Waals surface area contributed by atoms with Crippen LogP contribution in [0.5, 0.6) is 5.75 Å². The molecule has 2 aromatic carbocycles. The van der Waals surface area contributed by atoms with Gasteiger partial charge in [-0.25, -0.2) is 0 Å². The Balaban J connectivity index is 1.46. The summed E-state index contributed by atoms with van der Waals surface area (Å²) >= 11 is 0. The van der Waals surface area contributed by atoms with E-state index in [1.54, 1.807) is 0 Å². The number of hydrogen-bond donors (Lipinski definition) is 1. The first-order valence-electron chi connectivity index (χ1n) is 10.2. The van der Waals surface area contributed by atoms with Crippen LogP contribution in [0, 0.1) is 27.7 Å². The zero-order valence-electron chi connectivity index (χ0n) is 17.7. The molecule has 1 aliphatic heterocycles. The number of carbonyl (C=O) groups is 2. The lowest BCUT2D eigenvalue weighted by atomic mass is 10.0. The Kier molecular flexibility index (Phi) is 6.57. The molecule has 1 fully saturated rings. The maximum absolute atomic E-state index is 12.7. The summed E-state index contributed by atoms with van der Waals surface area (Å²) in [5.74, 6) is 0.680. The second-order valence-corrected chi connectivity index (χ2v) is 7.99. The Bertz CT molecular complexity index is 899. The Morgan fingerprint density at radius 3 is 2.34 bits per heavy atom. The van der Waals surface area contributed by atoms with Gasteiger partial charge in [-0.2, -0.15) is 0 Å². The van der Waals surface area contributed by atoms with Crippen molar-refractivity contribution in [3.63, 3.8) is 0 Å². The molecule has 154 valence electrons. The summed E-state index contributed by atoms with van der Waals surface area (Å²) in [6, 6.07) is 11.8. The van der Waals surface area contributed by atoms with Gasteiger partial charge in [0.15, 0.2) is 6.61 Å². The number of hydrogen-bond acceptors (Lipinski definition) is 3. The van der Waals surface area contributed by atoms with Crippen molar-refractivity contribution in [2.45, 2.75) is 46.6 Å². The van der Waals surface area contributed by atoms with Gasteiger partial charge in [-0.15, -0.1) is 0 Å². The van der Waals surface area contributed by atoms with Crippen LogP contribution in [0.1, 0.15) is 45.5 Å². The topological polar surface area (TPSA) is 58.6 Å². The molecule has 5 nitrogen and oxygen atoms in total. The number of piperidine rings is 1. The fourth-order valence-electron chi connectivity index (χ4n) is 3.66. The van der Waals surface area contributed by atoms with Gasteiger partial charge in [-0.05, 0) is 75.4 Å². The number of amides is 2. The summed E-state index contributed by atoms with van der Waals surface area (Å²) in [6.07, 6.45) is 1.51. The highest BCUT2D eigenvalue weighted by molar-refractivity contribution is 5.94. The van der Waals surface area contributed by atoms with Crippen molar-refractivity contribution in [2.24, 2.45) is 0 Å². The molecule has 29 heavy (non-hydrogen) atoms. The van der Waals surface area contributed by atoms with E-state index in [1.807, 2.05) is 69.0 Å². The Morgan fingerprint density at radius 1 is 0.966 bits per heavy atom. The molecule has 5 heteroatoms. The molecule has 0 unspecified atom stereocenters. The van der Waals surface area contributed by atoms with Crippen molar-refractivity contribution >= 4 is 11.8 Å². The van der Waals surface area contributed by atoms with Crippen molar-refractivity contribution in [2.75, 3.05) is 19.7 Å². The number of ether oxygens (including phenoxy) is 1. The summed E-state index contributed by atoms with van der Waals surface area (Å²) in [6.45, 7) is 9.37. The predicted molar refractivity (Wildman–Crippen MR) is 114 cm³/mol. The van der Waals surface area contributed by atoms with Gasteiger partial charge >= 0.3 is 0 Å². The SMILES string of the molecule is Cc1ccc(OCC(=O)NC2CCN(C(=O)c3ccc(C)c(C)c3)CC2)c(C)c1. The predicted octanol–water partition coefficient (Wildman–Crippen LogP) is 3.72. The lowest BCUT2D eigenvalue weighted by molar-refractivity contribution is -0.124. The molecular formula is C24H30N2O3. The molecule has 3 rings (SSSR count). The molecule has 0 bridgehead atoms. The van der Waals surface area contributed by atoms with Crippen LogP contribution >= 0.6 is 0 Å². The van der Waals surface area contributed by atoms with Crippen LogP contribution in [-0.2, 0) is 4.79 Å². The molecule has 1 saturated heterocycles. The zero-order chi connectivity index (χ0) is 21.0. The van der Waals surface area contributed by atoms with Gasteiger partial charge in [0, 0.05) is 24.7 Å². The van der Waals surface area contributed by atoms with E-state index in [0.29, 0.717) is 13.1 Å². The number of nitrogens with zero attached hydrogens (tertiary/aromatic N) is 1. The first kappa shape index (κ1) is 20.9. The van der Waals surface area contributed by atoms with E-state index in [0.717, 1.165) is 35.3 Å². The molecule has 2 aromatic rings. The Hall–Kier alpha value is -2.82. The highest BCUT2D eigenvalue weighted by Gasteiger charge is 2.25. The fourth-order valence-corrected chi connectivity index (χ4v) is 3.66. The van der Waals surface area contributed by atoms with Gasteiger partial charge < -0.3 is 15.0 Å². The quantitative estimate of drug-likeness (QED) is 0.841. The van der Waals surface area contributed by atoms with Crippen molar-refractivity contribution in [3.8, 4) is 5.75 Å². The van der Waals surface area contributed by atoms with Crippen molar-refractivity contribution in [1.82, 2.24) is 10.2 Å². The van der Waals surface area contributed by atoms with E-state index in [-0.39, 0.29) is 24.5 Å². The van der Waals surface area contributed by atoms with Crippen LogP contribution < -0.4 is 10.1 Å². The van der Waals surface area contributed by atoms with Crippen LogP contribution in [0.15, 0.2) is 36.4 Å². The van der Waals surface area contributed by atoms with Gasteiger partial charge in [0.1, 0.15) is 5.75 Å². The minimum Gasteiger partial charge on any atom is -0.484 e. The van der Waals surface area contributed by atoms with E-state index in [4.69, 9.17) is 4.74 Å². The van der Waals surface area contributed by atoms with Gasteiger partial charge in [0.25, 0.3) is 11.8 Å². The first-order valence-corrected chi connectivity index (χ1v) is 10.2. The summed E-state index contributed by atoms with van der Waals surface area (Å²) in [5.41, 5.74) is 5.24. The third-order valence-electron chi connectivity index (χ3n) is 5.59. The van der Waals surface area contributed by atoms with Gasteiger partial charge in [-0.3, -0.25) is 9.59 Å². The van der Waals surface area contributed by atoms with E-state index < -0.39 is 0 Å². The van der Waals surface area contributed by atoms with Crippen LogP contribution in [0.4, 0.5) is 0 Å².